The average Bonchev–Trinajstić information content (AvgIpc) is 3.25. The highest BCUT2D eigenvalue weighted by Gasteiger charge is 2.36. The number of rotatable bonds is 14. The van der Waals surface area contributed by atoms with Gasteiger partial charge in [-0.1, -0.05) is 89.5 Å². The first-order valence-corrected chi connectivity index (χ1v) is 21.7. The van der Waals surface area contributed by atoms with Crippen molar-refractivity contribution in [1.29, 1.82) is 0 Å². The van der Waals surface area contributed by atoms with Crippen molar-refractivity contribution in [2.45, 2.75) is 128 Å². The van der Waals surface area contributed by atoms with Crippen molar-refractivity contribution in [2.75, 3.05) is 11.5 Å². The second-order valence-corrected chi connectivity index (χ2v) is 16.9. The number of carbonyl (C=O) groups is 4. The van der Waals surface area contributed by atoms with Crippen molar-refractivity contribution in [3.63, 3.8) is 0 Å². The van der Waals surface area contributed by atoms with E-state index in [9.17, 15) is 19.2 Å². The number of fused-ring (bicyclic) bond motifs is 2. The lowest BCUT2D eigenvalue weighted by molar-refractivity contribution is 0.0725. The van der Waals surface area contributed by atoms with Crippen LogP contribution in [0.2, 0.25) is 0 Å². The van der Waals surface area contributed by atoms with E-state index in [1.54, 1.807) is 24.3 Å². The number of unbranched alkanes of at least 4 members (excludes halogenated alkanes) is 4. The molecule has 0 radical (unpaired) electrons. The number of hydrogen-bond donors (Lipinski definition) is 2. The van der Waals surface area contributed by atoms with E-state index in [0.29, 0.717) is 23.0 Å². The van der Waals surface area contributed by atoms with Gasteiger partial charge in [0.25, 0.3) is 0 Å². The molecule has 0 aliphatic heterocycles. The van der Waals surface area contributed by atoms with Crippen molar-refractivity contribution >= 4 is 34.9 Å². The van der Waals surface area contributed by atoms with Crippen molar-refractivity contribution in [3.8, 4) is 11.5 Å². The summed E-state index contributed by atoms with van der Waals surface area (Å²) in [5.74, 6) is 0.283. The molecule has 0 aromatic heterocycles. The van der Waals surface area contributed by atoms with Gasteiger partial charge in [0.2, 0.25) is 0 Å². The molecule has 0 heterocycles. The number of esters is 2. The molecule has 0 amide bonds. The molecule has 2 saturated carbocycles. The normalized spacial score (nSPS) is 20.2. The molecule has 0 saturated heterocycles. The van der Waals surface area contributed by atoms with Gasteiger partial charge in [-0.05, 0) is 135 Å². The predicted octanol–water partition coefficient (Wildman–Crippen LogP) is 11.8. The van der Waals surface area contributed by atoms with Gasteiger partial charge in [0.15, 0.2) is 23.1 Å². The number of carbonyl (C=O) groups excluding carboxylic acids is 4. The highest BCUT2D eigenvalue weighted by atomic mass is 16.5. The van der Waals surface area contributed by atoms with Crippen LogP contribution in [0.3, 0.4) is 0 Å². The molecule has 0 spiro atoms. The fourth-order valence-corrected chi connectivity index (χ4v) is 9.55. The van der Waals surface area contributed by atoms with Gasteiger partial charge in [-0.3, -0.25) is 9.59 Å². The zero-order valence-electron chi connectivity index (χ0n) is 34.2. The Morgan fingerprint density at radius 2 is 0.879 bits per heavy atom. The third-order valence-corrected chi connectivity index (χ3v) is 13.1. The molecule has 3 aliphatic carbocycles. The van der Waals surface area contributed by atoms with E-state index < -0.39 is 23.5 Å². The van der Waals surface area contributed by atoms with E-state index in [4.69, 9.17) is 20.9 Å². The molecule has 4 aromatic carbocycles. The van der Waals surface area contributed by atoms with Gasteiger partial charge < -0.3 is 20.9 Å². The molecular weight excluding hydrogens is 725 g/mol. The summed E-state index contributed by atoms with van der Waals surface area (Å²) in [6, 6.07) is 20.8. The zero-order chi connectivity index (χ0) is 40.8. The molecule has 4 N–H and O–H groups in total. The zero-order valence-corrected chi connectivity index (χ0v) is 34.2. The number of ether oxygens (including phenoxy) is 2. The lowest BCUT2D eigenvalue weighted by Gasteiger charge is -2.29. The third-order valence-electron chi connectivity index (χ3n) is 13.1. The lowest BCUT2D eigenvalue weighted by Crippen LogP contribution is -2.25. The highest BCUT2D eigenvalue weighted by Crippen LogP contribution is 2.42. The summed E-state index contributed by atoms with van der Waals surface area (Å²) in [5.41, 5.74) is 15.8. The summed E-state index contributed by atoms with van der Waals surface area (Å²) >= 11 is 0. The number of anilines is 2. The van der Waals surface area contributed by atoms with Crippen molar-refractivity contribution < 1.29 is 28.7 Å². The minimum absolute atomic E-state index is 0.0153. The number of nitrogen functional groups attached to an aromatic ring is 2. The van der Waals surface area contributed by atoms with Gasteiger partial charge in [0.05, 0.1) is 33.6 Å². The van der Waals surface area contributed by atoms with Gasteiger partial charge in [-0.25, -0.2) is 9.59 Å². The maximum Gasteiger partial charge on any atom is 0.343 e. The topological polar surface area (TPSA) is 139 Å². The molecule has 2 fully saturated rings. The van der Waals surface area contributed by atoms with Crippen molar-refractivity contribution in [1.82, 2.24) is 0 Å². The van der Waals surface area contributed by atoms with Crippen LogP contribution in [-0.2, 0) is 0 Å². The maximum absolute atomic E-state index is 13.9. The second-order valence-electron chi connectivity index (χ2n) is 16.9. The van der Waals surface area contributed by atoms with Gasteiger partial charge in [-0.2, -0.15) is 0 Å². The van der Waals surface area contributed by atoms with Crippen LogP contribution in [0.4, 0.5) is 11.4 Å². The van der Waals surface area contributed by atoms with E-state index in [0.717, 1.165) is 37.5 Å². The highest BCUT2D eigenvalue weighted by molar-refractivity contribution is 6.32. The average molecular weight is 783 g/mol. The van der Waals surface area contributed by atoms with Gasteiger partial charge in [0, 0.05) is 11.1 Å². The Balaban J connectivity index is 0.978. The lowest BCUT2D eigenvalue weighted by atomic mass is 9.77. The van der Waals surface area contributed by atoms with Crippen LogP contribution in [0.15, 0.2) is 72.8 Å². The first kappa shape index (κ1) is 40.9. The first-order valence-electron chi connectivity index (χ1n) is 21.7. The Morgan fingerprint density at radius 1 is 0.517 bits per heavy atom. The molecule has 4 aromatic rings. The van der Waals surface area contributed by atoms with Crippen molar-refractivity contribution in [2.24, 2.45) is 11.8 Å². The summed E-state index contributed by atoms with van der Waals surface area (Å²) in [5, 5.41) is 0. The molecule has 7 rings (SSSR count). The van der Waals surface area contributed by atoms with E-state index in [1.807, 2.05) is 24.3 Å². The Kier molecular flexibility index (Phi) is 13.1. The minimum atomic E-state index is -0.613. The fraction of sp³-hybridized carbons (Fsp3) is 0.440. The largest absolute Gasteiger partial charge is 0.421 e. The molecule has 0 unspecified atom stereocenters. The van der Waals surface area contributed by atoms with Gasteiger partial charge in [0.1, 0.15) is 0 Å². The molecule has 304 valence electrons. The molecule has 8 nitrogen and oxygen atoms in total. The van der Waals surface area contributed by atoms with E-state index >= 15 is 0 Å². The molecule has 8 heteroatoms. The van der Waals surface area contributed by atoms with Crippen LogP contribution in [0.25, 0.3) is 0 Å². The van der Waals surface area contributed by atoms with Crippen LogP contribution in [0.1, 0.15) is 192 Å². The maximum atomic E-state index is 13.9. The van der Waals surface area contributed by atoms with Gasteiger partial charge in [-0.15, -0.1) is 0 Å². The summed E-state index contributed by atoms with van der Waals surface area (Å²) in [6.07, 6.45) is 20.0. The van der Waals surface area contributed by atoms with Gasteiger partial charge >= 0.3 is 11.9 Å². The third kappa shape index (κ3) is 8.91. The van der Waals surface area contributed by atoms with Crippen molar-refractivity contribution in [3.05, 3.63) is 117 Å². The fourth-order valence-electron chi connectivity index (χ4n) is 9.55. The summed E-state index contributed by atoms with van der Waals surface area (Å²) in [6.45, 7) is 4.49. The molecular formula is C50H58N2O6. The number of benzene rings is 4. The number of ketones is 2. The molecule has 3 aliphatic rings. The molecule has 0 atom stereocenters. The van der Waals surface area contributed by atoms with E-state index in [2.05, 4.69) is 13.8 Å². The summed E-state index contributed by atoms with van der Waals surface area (Å²) in [4.78, 5) is 54.2. The van der Waals surface area contributed by atoms with Crippen LogP contribution in [0, 0.1) is 11.8 Å². The first-order chi connectivity index (χ1) is 28.2. The van der Waals surface area contributed by atoms with E-state index in [1.165, 1.54) is 112 Å². The second kappa shape index (κ2) is 18.6. The number of hydrogen-bond acceptors (Lipinski definition) is 8. The Bertz CT molecular complexity index is 1970. The summed E-state index contributed by atoms with van der Waals surface area (Å²) < 4.78 is 11.4. The smallest absolute Gasteiger partial charge is 0.343 e. The molecule has 58 heavy (non-hydrogen) atoms. The predicted molar refractivity (Wildman–Crippen MR) is 229 cm³/mol. The van der Waals surface area contributed by atoms with Crippen LogP contribution in [0.5, 0.6) is 11.5 Å². The van der Waals surface area contributed by atoms with Crippen LogP contribution < -0.4 is 20.9 Å². The number of nitrogens with two attached hydrogens (primary N) is 2. The Hall–Kier alpha value is -5.24. The minimum Gasteiger partial charge on any atom is -0.421 e. The summed E-state index contributed by atoms with van der Waals surface area (Å²) in [7, 11) is 0. The Labute approximate surface area is 343 Å². The van der Waals surface area contributed by atoms with Crippen LogP contribution >= 0.6 is 0 Å². The SMILES string of the molecule is CCCCC[C@H]1CC[C@H](c2ccc(C(=O)Oc3ccc4c(c3N)C(=O)c3ccc(OC(=O)c5ccc([C@H]6CC[C@H](CCCCC)CC6)cc5)c(N)c3C4=O)cc2)CC1. The Morgan fingerprint density at radius 3 is 1.22 bits per heavy atom. The quantitative estimate of drug-likeness (QED) is 0.0491. The molecule has 0 bridgehead atoms. The van der Waals surface area contributed by atoms with Crippen LogP contribution in [-0.4, -0.2) is 23.5 Å². The standard InChI is InChI=1S/C50H58N2O6/c1-3-5-7-9-31-11-15-33(16-12-31)35-19-23-37(24-20-35)49(55)57-41-29-27-39-43(45(41)51)47(53)40-28-30-42(46(52)44(40)48(39)54)58-50(56)38-25-21-36(22-26-38)34-17-13-32(14-18-34)10-8-6-4-2/h19-34H,3-18,51-52H2,1-2H3/t31-,32-,33-,34-. The van der Waals surface area contributed by atoms with E-state index in [-0.39, 0.29) is 45.1 Å². The monoisotopic (exact) mass is 782 g/mol.